The number of methoxy groups -OCH3 is 1. The monoisotopic (exact) mass is 283 g/mol. The zero-order chi connectivity index (χ0) is 14.7. The van der Waals surface area contributed by atoms with Crippen LogP contribution in [0.2, 0.25) is 0 Å². The molecule has 0 fully saturated rings. The molecule has 0 saturated carbocycles. The SMILES string of the molecule is COc1ccc(C(C)NC2CCOc3ccccc32)cc1. The van der Waals surface area contributed by atoms with Crippen molar-refractivity contribution in [2.24, 2.45) is 0 Å². The molecular weight excluding hydrogens is 262 g/mol. The fourth-order valence-electron chi connectivity index (χ4n) is 2.81. The van der Waals surface area contributed by atoms with Gasteiger partial charge in [0, 0.05) is 24.1 Å². The van der Waals surface area contributed by atoms with Crippen LogP contribution in [-0.4, -0.2) is 13.7 Å². The minimum absolute atomic E-state index is 0.284. The summed E-state index contributed by atoms with van der Waals surface area (Å²) >= 11 is 0. The average molecular weight is 283 g/mol. The van der Waals surface area contributed by atoms with Gasteiger partial charge >= 0.3 is 0 Å². The third kappa shape index (κ3) is 3.03. The molecule has 1 aliphatic rings. The molecular formula is C18H21NO2. The van der Waals surface area contributed by atoms with Gasteiger partial charge in [0.15, 0.2) is 0 Å². The molecule has 1 heterocycles. The van der Waals surface area contributed by atoms with E-state index in [0.717, 1.165) is 24.5 Å². The lowest BCUT2D eigenvalue weighted by Gasteiger charge is -2.29. The first-order valence-corrected chi connectivity index (χ1v) is 7.39. The molecule has 110 valence electrons. The molecule has 3 rings (SSSR count). The quantitative estimate of drug-likeness (QED) is 0.924. The fraction of sp³-hybridized carbons (Fsp3) is 0.333. The first kappa shape index (κ1) is 14.0. The highest BCUT2D eigenvalue weighted by Crippen LogP contribution is 2.33. The predicted molar refractivity (Wildman–Crippen MR) is 83.8 cm³/mol. The van der Waals surface area contributed by atoms with Crippen LogP contribution in [0.1, 0.15) is 36.6 Å². The molecule has 0 spiro atoms. The maximum Gasteiger partial charge on any atom is 0.124 e. The van der Waals surface area contributed by atoms with Crippen LogP contribution in [0, 0.1) is 0 Å². The normalized spacial score (nSPS) is 18.5. The number of nitrogens with one attached hydrogen (secondary N) is 1. The van der Waals surface area contributed by atoms with Crippen LogP contribution < -0.4 is 14.8 Å². The Kier molecular flexibility index (Phi) is 4.11. The summed E-state index contributed by atoms with van der Waals surface area (Å²) in [5.41, 5.74) is 2.52. The van der Waals surface area contributed by atoms with Crippen molar-refractivity contribution in [1.82, 2.24) is 5.32 Å². The van der Waals surface area contributed by atoms with Gasteiger partial charge < -0.3 is 14.8 Å². The number of fused-ring (bicyclic) bond motifs is 1. The van der Waals surface area contributed by atoms with E-state index in [4.69, 9.17) is 9.47 Å². The van der Waals surface area contributed by atoms with E-state index < -0.39 is 0 Å². The lowest BCUT2D eigenvalue weighted by Crippen LogP contribution is -2.29. The summed E-state index contributed by atoms with van der Waals surface area (Å²) in [7, 11) is 1.69. The molecule has 2 unspecified atom stereocenters. The third-order valence-electron chi connectivity index (χ3n) is 4.03. The average Bonchev–Trinajstić information content (AvgIpc) is 2.55. The molecule has 2 aromatic carbocycles. The van der Waals surface area contributed by atoms with Crippen molar-refractivity contribution in [3.05, 3.63) is 59.7 Å². The van der Waals surface area contributed by atoms with Crippen LogP contribution in [0.4, 0.5) is 0 Å². The molecule has 0 aliphatic carbocycles. The highest BCUT2D eigenvalue weighted by Gasteiger charge is 2.22. The molecule has 2 aromatic rings. The smallest absolute Gasteiger partial charge is 0.124 e. The Labute approximate surface area is 125 Å². The number of rotatable bonds is 4. The van der Waals surface area contributed by atoms with Crippen molar-refractivity contribution >= 4 is 0 Å². The third-order valence-corrected chi connectivity index (χ3v) is 4.03. The zero-order valence-corrected chi connectivity index (χ0v) is 12.5. The Morgan fingerprint density at radius 3 is 2.67 bits per heavy atom. The van der Waals surface area contributed by atoms with Gasteiger partial charge in [0.05, 0.1) is 13.7 Å². The molecule has 1 aliphatic heterocycles. The van der Waals surface area contributed by atoms with Gasteiger partial charge in [-0.2, -0.15) is 0 Å². The number of para-hydroxylation sites is 1. The van der Waals surface area contributed by atoms with Gasteiger partial charge in [-0.1, -0.05) is 30.3 Å². The molecule has 21 heavy (non-hydrogen) atoms. The molecule has 1 N–H and O–H groups in total. The highest BCUT2D eigenvalue weighted by atomic mass is 16.5. The highest BCUT2D eigenvalue weighted by molar-refractivity contribution is 5.38. The maximum atomic E-state index is 5.71. The Bertz CT molecular complexity index is 594. The first-order valence-electron chi connectivity index (χ1n) is 7.39. The van der Waals surface area contributed by atoms with E-state index in [0.29, 0.717) is 6.04 Å². The lowest BCUT2D eigenvalue weighted by atomic mass is 9.98. The Morgan fingerprint density at radius 2 is 1.90 bits per heavy atom. The van der Waals surface area contributed by atoms with E-state index in [1.54, 1.807) is 7.11 Å². The van der Waals surface area contributed by atoms with Crippen LogP contribution >= 0.6 is 0 Å². The topological polar surface area (TPSA) is 30.5 Å². The van der Waals surface area contributed by atoms with E-state index >= 15 is 0 Å². The van der Waals surface area contributed by atoms with E-state index in [-0.39, 0.29) is 6.04 Å². The van der Waals surface area contributed by atoms with E-state index in [9.17, 15) is 0 Å². The summed E-state index contributed by atoms with van der Waals surface area (Å²) in [4.78, 5) is 0. The second-order valence-corrected chi connectivity index (χ2v) is 5.39. The number of hydrogen-bond acceptors (Lipinski definition) is 3. The summed E-state index contributed by atoms with van der Waals surface area (Å²) in [5, 5.41) is 3.71. The van der Waals surface area contributed by atoms with Gasteiger partial charge in [-0.3, -0.25) is 0 Å². The Balaban J connectivity index is 1.74. The number of ether oxygens (including phenoxy) is 2. The van der Waals surface area contributed by atoms with Gasteiger partial charge in [-0.05, 0) is 30.7 Å². The molecule has 3 nitrogen and oxygen atoms in total. The van der Waals surface area contributed by atoms with Gasteiger partial charge in [-0.15, -0.1) is 0 Å². The van der Waals surface area contributed by atoms with Crippen molar-refractivity contribution in [2.45, 2.75) is 25.4 Å². The summed E-state index contributed by atoms with van der Waals surface area (Å²) < 4.78 is 10.9. The van der Waals surface area contributed by atoms with E-state index in [1.807, 2.05) is 24.3 Å². The summed E-state index contributed by atoms with van der Waals surface area (Å²) in [6.07, 6.45) is 0.998. The van der Waals surface area contributed by atoms with Crippen LogP contribution in [0.5, 0.6) is 11.5 Å². The second-order valence-electron chi connectivity index (χ2n) is 5.39. The second kappa shape index (κ2) is 6.19. The molecule has 0 aromatic heterocycles. The molecule has 3 heteroatoms. The van der Waals surface area contributed by atoms with Crippen molar-refractivity contribution in [3.8, 4) is 11.5 Å². The van der Waals surface area contributed by atoms with Gasteiger partial charge in [0.2, 0.25) is 0 Å². The molecule has 0 saturated heterocycles. The fourth-order valence-corrected chi connectivity index (χ4v) is 2.81. The van der Waals surface area contributed by atoms with Gasteiger partial charge in [0.1, 0.15) is 11.5 Å². The summed E-state index contributed by atoms with van der Waals surface area (Å²) in [6.45, 7) is 2.96. The maximum absolute atomic E-state index is 5.71. The van der Waals surface area contributed by atoms with Crippen molar-refractivity contribution in [3.63, 3.8) is 0 Å². The standard InChI is InChI=1S/C18H21NO2/c1-13(14-7-9-15(20-2)10-8-14)19-17-11-12-21-18-6-4-3-5-16(17)18/h3-10,13,17,19H,11-12H2,1-2H3. The summed E-state index contributed by atoms with van der Waals surface area (Å²) in [6, 6.07) is 17.1. The van der Waals surface area contributed by atoms with E-state index in [1.165, 1.54) is 11.1 Å². The Hall–Kier alpha value is -2.00. The van der Waals surface area contributed by atoms with Crippen molar-refractivity contribution in [2.75, 3.05) is 13.7 Å². The minimum atomic E-state index is 0.284. The lowest BCUT2D eigenvalue weighted by molar-refractivity contribution is 0.246. The first-order chi connectivity index (χ1) is 10.3. The van der Waals surface area contributed by atoms with Crippen LogP contribution in [0.25, 0.3) is 0 Å². The van der Waals surface area contributed by atoms with Gasteiger partial charge in [0.25, 0.3) is 0 Å². The molecule has 0 radical (unpaired) electrons. The molecule has 0 bridgehead atoms. The number of hydrogen-bond donors (Lipinski definition) is 1. The van der Waals surface area contributed by atoms with Crippen LogP contribution in [0.15, 0.2) is 48.5 Å². The molecule has 2 atom stereocenters. The summed E-state index contributed by atoms with van der Waals surface area (Å²) in [5.74, 6) is 1.89. The van der Waals surface area contributed by atoms with Crippen LogP contribution in [0.3, 0.4) is 0 Å². The van der Waals surface area contributed by atoms with Crippen molar-refractivity contribution in [1.29, 1.82) is 0 Å². The number of benzene rings is 2. The predicted octanol–water partition coefficient (Wildman–Crippen LogP) is 3.87. The van der Waals surface area contributed by atoms with Crippen LogP contribution in [-0.2, 0) is 0 Å². The minimum Gasteiger partial charge on any atom is -0.497 e. The zero-order valence-electron chi connectivity index (χ0n) is 12.5. The van der Waals surface area contributed by atoms with E-state index in [2.05, 4.69) is 36.5 Å². The van der Waals surface area contributed by atoms with Gasteiger partial charge in [-0.25, -0.2) is 0 Å². The van der Waals surface area contributed by atoms with Crippen molar-refractivity contribution < 1.29 is 9.47 Å². The molecule has 0 amide bonds. The largest absolute Gasteiger partial charge is 0.497 e. The Morgan fingerprint density at radius 1 is 1.14 bits per heavy atom.